The third-order valence-electron chi connectivity index (χ3n) is 3.59. The molecule has 0 N–H and O–H groups in total. The first kappa shape index (κ1) is 14.0. The van der Waals surface area contributed by atoms with E-state index >= 15 is 0 Å². The van der Waals surface area contributed by atoms with Crippen molar-refractivity contribution < 1.29 is 0 Å². The lowest BCUT2D eigenvalue weighted by Gasteiger charge is -2.25. The van der Waals surface area contributed by atoms with E-state index in [0.717, 1.165) is 11.3 Å². The molecule has 0 aliphatic carbocycles. The number of benzene rings is 1. The SMILES string of the molecule is CC(Cl)c1nc2cc(I)ccc2n1C1CCSCC1. The molecule has 1 aromatic heterocycles. The molecule has 0 amide bonds. The molecule has 1 aliphatic heterocycles. The molecule has 2 nitrogen and oxygen atoms in total. The van der Waals surface area contributed by atoms with E-state index in [2.05, 4.69) is 57.1 Å². The van der Waals surface area contributed by atoms with Gasteiger partial charge in [0, 0.05) is 9.61 Å². The molecule has 19 heavy (non-hydrogen) atoms. The largest absolute Gasteiger partial charge is 0.324 e. The Kier molecular flexibility index (Phi) is 4.29. The van der Waals surface area contributed by atoms with Crippen molar-refractivity contribution in [1.82, 2.24) is 9.55 Å². The maximum absolute atomic E-state index is 6.35. The maximum atomic E-state index is 6.35. The van der Waals surface area contributed by atoms with E-state index < -0.39 is 0 Å². The molecule has 0 spiro atoms. The molecule has 1 aromatic carbocycles. The quantitative estimate of drug-likeness (QED) is 0.515. The smallest absolute Gasteiger partial charge is 0.127 e. The lowest BCUT2D eigenvalue weighted by Crippen LogP contribution is -2.17. The lowest BCUT2D eigenvalue weighted by atomic mass is 10.1. The Hall–Kier alpha value is 0.0600. The van der Waals surface area contributed by atoms with Crippen LogP contribution in [0.1, 0.15) is 37.0 Å². The third kappa shape index (κ3) is 2.76. The predicted octanol–water partition coefficient (Wildman–Crippen LogP) is 5.01. The van der Waals surface area contributed by atoms with Crippen molar-refractivity contribution in [3.63, 3.8) is 0 Å². The fourth-order valence-corrected chi connectivity index (χ4v) is 4.41. The Morgan fingerprint density at radius 1 is 1.42 bits per heavy atom. The number of fused-ring (bicyclic) bond motifs is 1. The highest BCUT2D eigenvalue weighted by Gasteiger charge is 2.23. The highest BCUT2D eigenvalue weighted by atomic mass is 127. The number of rotatable bonds is 2. The molecular formula is C14H16ClIN2S. The zero-order chi connectivity index (χ0) is 13.4. The van der Waals surface area contributed by atoms with Crippen molar-refractivity contribution in [2.45, 2.75) is 31.2 Å². The molecule has 5 heteroatoms. The van der Waals surface area contributed by atoms with Crippen molar-refractivity contribution in [1.29, 1.82) is 0 Å². The second-order valence-electron chi connectivity index (χ2n) is 4.93. The maximum Gasteiger partial charge on any atom is 0.127 e. The molecule has 0 bridgehead atoms. The van der Waals surface area contributed by atoms with Crippen LogP contribution in [0, 0.1) is 3.57 Å². The first-order valence-corrected chi connectivity index (χ1v) is 9.23. The molecular weight excluding hydrogens is 391 g/mol. The number of nitrogens with zero attached hydrogens (tertiary/aromatic N) is 2. The second kappa shape index (κ2) is 5.82. The summed E-state index contributed by atoms with van der Waals surface area (Å²) in [4.78, 5) is 4.77. The molecule has 1 unspecified atom stereocenters. The van der Waals surface area contributed by atoms with Crippen LogP contribution in [0.5, 0.6) is 0 Å². The van der Waals surface area contributed by atoms with Gasteiger partial charge in [0.15, 0.2) is 0 Å². The lowest BCUT2D eigenvalue weighted by molar-refractivity contribution is 0.464. The summed E-state index contributed by atoms with van der Waals surface area (Å²) in [5.41, 5.74) is 2.31. The summed E-state index contributed by atoms with van der Waals surface area (Å²) >= 11 is 10.7. The molecule has 2 aromatic rings. The van der Waals surface area contributed by atoms with Crippen LogP contribution in [-0.2, 0) is 0 Å². The third-order valence-corrected chi connectivity index (χ3v) is 5.51. The molecule has 3 rings (SSSR count). The van der Waals surface area contributed by atoms with Gasteiger partial charge in [0.05, 0.1) is 16.4 Å². The minimum Gasteiger partial charge on any atom is -0.324 e. The van der Waals surface area contributed by atoms with Crippen molar-refractivity contribution in [3.05, 3.63) is 27.6 Å². The number of hydrogen-bond acceptors (Lipinski definition) is 2. The molecule has 1 atom stereocenters. The van der Waals surface area contributed by atoms with Gasteiger partial charge in [0.1, 0.15) is 5.82 Å². The summed E-state index contributed by atoms with van der Waals surface area (Å²) in [6.07, 6.45) is 2.44. The Bertz CT molecular complexity index is 590. The molecule has 0 saturated carbocycles. The van der Waals surface area contributed by atoms with E-state index in [1.807, 2.05) is 6.92 Å². The van der Waals surface area contributed by atoms with Gasteiger partial charge < -0.3 is 4.57 Å². The Balaban J connectivity index is 2.15. The van der Waals surface area contributed by atoms with Crippen molar-refractivity contribution >= 4 is 57.0 Å². The highest BCUT2D eigenvalue weighted by molar-refractivity contribution is 14.1. The van der Waals surface area contributed by atoms with Crippen LogP contribution in [0.2, 0.25) is 0 Å². The van der Waals surface area contributed by atoms with Gasteiger partial charge in [-0.25, -0.2) is 4.98 Å². The number of alkyl halides is 1. The molecule has 1 fully saturated rings. The molecule has 2 heterocycles. The van der Waals surface area contributed by atoms with E-state index in [-0.39, 0.29) is 5.38 Å². The summed E-state index contributed by atoms with van der Waals surface area (Å²) in [6.45, 7) is 2.02. The number of aromatic nitrogens is 2. The number of hydrogen-bond donors (Lipinski definition) is 0. The molecule has 0 radical (unpaired) electrons. The zero-order valence-corrected chi connectivity index (χ0v) is 14.5. The molecule has 102 valence electrons. The Morgan fingerprint density at radius 2 is 2.16 bits per heavy atom. The number of halogens is 2. The normalized spacial score (nSPS) is 18.9. The topological polar surface area (TPSA) is 17.8 Å². The van der Waals surface area contributed by atoms with Gasteiger partial charge in [0.2, 0.25) is 0 Å². The van der Waals surface area contributed by atoms with E-state index in [1.165, 1.54) is 33.4 Å². The fourth-order valence-electron chi connectivity index (χ4n) is 2.70. The number of thioether (sulfide) groups is 1. The Labute approximate surface area is 136 Å². The summed E-state index contributed by atoms with van der Waals surface area (Å²) in [5, 5.41) is -0.0420. The average molecular weight is 407 g/mol. The van der Waals surface area contributed by atoms with Crippen LogP contribution < -0.4 is 0 Å². The summed E-state index contributed by atoms with van der Waals surface area (Å²) in [6, 6.07) is 7.05. The molecule has 1 aliphatic rings. The molecule has 1 saturated heterocycles. The van der Waals surface area contributed by atoms with Crippen molar-refractivity contribution in [2.75, 3.05) is 11.5 Å². The predicted molar refractivity (Wildman–Crippen MR) is 92.3 cm³/mol. The van der Waals surface area contributed by atoms with Crippen molar-refractivity contribution in [2.24, 2.45) is 0 Å². The van der Waals surface area contributed by atoms with Crippen LogP contribution >= 0.6 is 46.0 Å². The van der Waals surface area contributed by atoms with E-state index in [1.54, 1.807) is 0 Å². The minimum atomic E-state index is -0.0420. The van der Waals surface area contributed by atoms with Gasteiger partial charge in [0.25, 0.3) is 0 Å². The average Bonchev–Trinajstić information content (AvgIpc) is 2.78. The van der Waals surface area contributed by atoms with Gasteiger partial charge in [-0.15, -0.1) is 11.6 Å². The standard InChI is InChI=1S/C14H16ClIN2S/c1-9(15)14-17-12-8-10(16)2-3-13(12)18(14)11-4-6-19-7-5-11/h2-3,8-9,11H,4-7H2,1H3. The van der Waals surface area contributed by atoms with Crippen molar-refractivity contribution in [3.8, 4) is 0 Å². The fraction of sp³-hybridized carbons (Fsp3) is 0.500. The van der Waals surface area contributed by atoms with Gasteiger partial charge in [-0.1, -0.05) is 0 Å². The van der Waals surface area contributed by atoms with E-state index in [9.17, 15) is 0 Å². The van der Waals surface area contributed by atoms with E-state index in [0.29, 0.717) is 6.04 Å². The van der Waals surface area contributed by atoms with Crippen LogP contribution in [0.4, 0.5) is 0 Å². The summed E-state index contributed by atoms with van der Waals surface area (Å²) in [7, 11) is 0. The second-order valence-corrected chi connectivity index (χ2v) is 8.06. The summed E-state index contributed by atoms with van der Waals surface area (Å²) in [5.74, 6) is 3.51. The first-order chi connectivity index (χ1) is 9.16. The van der Waals surface area contributed by atoms with Gasteiger partial charge in [-0.3, -0.25) is 0 Å². The van der Waals surface area contributed by atoms with Crippen LogP contribution in [-0.4, -0.2) is 21.1 Å². The van der Waals surface area contributed by atoms with Gasteiger partial charge in [-0.2, -0.15) is 11.8 Å². The summed E-state index contributed by atoms with van der Waals surface area (Å²) < 4.78 is 3.62. The van der Waals surface area contributed by atoms with Crippen LogP contribution in [0.3, 0.4) is 0 Å². The number of imidazole rings is 1. The van der Waals surface area contributed by atoms with Crippen LogP contribution in [0.15, 0.2) is 18.2 Å². The monoisotopic (exact) mass is 406 g/mol. The zero-order valence-electron chi connectivity index (χ0n) is 10.8. The Morgan fingerprint density at radius 3 is 2.84 bits per heavy atom. The minimum absolute atomic E-state index is 0.0420. The van der Waals surface area contributed by atoms with E-state index in [4.69, 9.17) is 16.6 Å². The van der Waals surface area contributed by atoms with Crippen LogP contribution in [0.25, 0.3) is 11.0 Å². The van der Waals surface area contributed by atoms with Gasteiger partial charge >= 0.3 is 0 Å². The first-order valence-electron chi connectivity index (χ1n) is 6.56. The highest BCUT2D eigenvalue weighted by Crippen LogP contribution is 2.34. The van der Waals surface area contributed by atoms with Gasteiger partial charge in [-0.05, 0) is 72.1 Å².